The normalized spacial score (nSPS) is 11.1. The lowest BCUT2D eigenvalue weighted by atomic mass is 10.2. The highest BCUT2D eigenvalue weighted by Crippen LogP contribution is 2.27. The van der Waals surface area contributed by atoms with Gasteiger partial charge in [0.2, 0.25) is 0 Å². The van der Waals surface area contributed by atoms with E-state index in [4.69, 9.17) is 15.2 Å². The summed E-state index contributed by atoms with van der Waals surface area (Å²) in [5.74, 6) is 1.88. The van der Waals surface area contributed by atoms with Crippen LogP contribution in [0.15, 0.2) is 23.2 Å². The standard InChI is InChI=1S/C12H19N3O2/c1-4-17-11-7-9(5-6-10(11)16-3)8-15-12(13)14-2/h5-7H,4,8H2,1-3H3,(H3,13,14,15). The van der Waals surface area contributed by atoms with Crippen LogP contribution in [0.3, 0.4) is 0 Å². The molecule has 0 atom stereocenters. The minimum atomic E-state index is 0.416. The Morgan fingerprint density at radius 3 is 2.76 bits per heavy atom. The molecular formula is C12H19N3O2. The average Bonchev–Trinajstić information content (AvgIpc) is 2.36. The maximum Gasteiger partial charge on any atom is 0.188 e. The predicted molar refractivity (Wildman–Crippen MR) is 68.5 cm³/mol. The van der Waals surface area contributed by atoms with Gasteiger partial charge in [0.1, 0.15) is 0 Å². The quantitative estimate of drug-likeness (QED) is 0.595. The van der Waals surface area contributed by atoms with E-state index in [1.807, 2.05) is 25.1 Å². The van der Waals surface area contributed by atoms with Crippen LogP contribution in [0.2, 0.25) is 0 Å². The molecule has 17 heavy (non-hydrogen) atoms. The first-order valence-corrected chi connectivity index (χ1v) is 5.47. The number of guanidine groups is 1. The molecule has 1 aromatic carbocycles. The first kappa shape index (κ1) is 13.2. The summed E-state index contributed by atoms with van der Waals surface area (Å²) < 4.78 is 10.7. The summed E-state index contributed by atoms with van der Waals surface area (Å²) in [5, 5.41) is 2.99. The first-order chi connectivity index (χ1) is 8.21. The minimum absolute atomic E-state index is 0.416. The van der Waals surface area contributed by atoms with Crippen LogP contribution < -0.4 is 20.5 Å². The lowest BCUT2D eigenvalue weighted by molar-refractivity contribution is 0.310. The lowest BCUT2D eigenvalue weighted by Crippen LogP contribution is -2.30. The average molecular weight is 237 g/mol. The molecule has 0 fully saturated rings. The number of nitrogens with two attached hydrogens (primary N) is 1. The summed E-state index contributed by atoms with van der Waals surface area (Å²) in [5.41, 5.74) is 6.61. The molecule has 0 amide bonds. The van der Waals surface area contributed by atoms with Gasteiger partial charge in [-0.15, -0.1) is 0 Å². The fourth-order valence-electron chi connectivity index (χ4n) is 1.37. The maximum absolute atomic E-state index is 5.56. The Labute approximate surface area is 102 Å². The van der Waals surface area contributed by atoms with Gasteiger partial charge in [0.25, 0.3) is 0 Å². The van der Waals surface area contributed by atoms with Crippen molar-refractivity contribution in [2.45, 2.75) is 13.5 Å². The van der Waals surface area contributed by atoms with Crippen molar-refractivity contribution in [3.63, 3.8) is 0 Å². The summed E-state index contributed by atoms with van der Waals surface area (Å²) in [4.78, 5) is 3.82. The van der Waals surface area contributed by atoms with Gasteiger partial charge in [0, 0.05) is 13.6 Å². The van der Waals surface area contributed by atoms with Gasteiger partial charge in [-0.25, -0.2) is 0 Å². The second-order valence-electron chi connectivity index (χ2n) is 3.38. The number of nitrogens with zero attached hydrogens (tertiary/aromatic N) is 1. The summed E-state index contributed by atoms with van der Waals surface area (Å²) in [6, 6.07) is 5.76. The maximum atomic E-state index is 5.56. The van der Waals surface area contributed by atoms with Crippen LogP contribution in [0.1, 0.15) is 12.5 Å². The topological polar surface area (TPSA) is 68.9 Å². The molecule has 0 saturated heterocycles. The van der Waals surface area contributed by atoms with E-state index in [9.17, 15) is 0 Å². The van der Waals surface area contributed by atoms with Gasteiger partial charge in [-0.1, -0.05) is 6.07 Å². The smallest absolute Gasteiger partial charge is 0.188 e. The van der Waals surface area contributed by atoms with Crippen LogP contribution in [-0.2, 0) is 6.54 Å². The Morgan fingerprint density at radius 2 is 2.18 bits per heavy atom. The van der Waals surface area contributed by atoms with Crippen molar-refractivity contribution >= 4 is 5.96 Å². The Bertz CT molecular complexity index is 391. The number of benzene rings is 1. The van der Waals surface area contributed by atoms with Crippen LogP contribution in [0, 0.1) is 0 Å². The third-order valence-corrected chi connectivity index (χ3v) is 2.24. The van der Waals surface area contributed by atoms with Crippen LogP contribution in [0.4, 0.5) is 0 Å². The molecule has 0 spiro atoms. The Balaban J connectivity index is 2.77. The van der Waals surface area contributed by atoms with Crippen molar-refractivity contribution in [3.05, 3.63) is 23.8 Å². The molecule has 0 aliphatic heterocycles. The van der Waals surface area contributed by atoms with Gasteiger partial charge in [0.05, 0.1) is 13.7 Å². The SMILES string of the molecule is CCOc1cc(CNC(N)=NC)ccc1OC. The molecule has 0 saturated carbocycles. The summed E-state index contributed by atoms with van der Waals surface area (Å²) in [6.07, 6.45) is 0. The first-order valence-electron chi connectivity index (χ1n) is 5.47. The van der Waals surface area contributed by atoms with E-state index in [1.54, 1.807) is 14.2 Å². The fourth-order valence-corrected chi connectivity index (χ4v) is 1.37. The van der Waals surface area contributed by atoms with Crippen LogP contribution in [0.5, 0.6) is 11.5 Å². The van der Waals surface area contributed by atoms with Crippen LogP contribution in [0.25, 0.3) is 0 Å². The molecule has 0 aliphatic carbocycles. The van der Waals surface area contributed by atoms with Crippen molar-refractivity contribution < 1.29 is 9.47 Å². The zero-order valence-electron chi connectivity index (χ0n) is 10.5. The number of hydrogen-bond acceptors (Lipinski definition) is 3. The number of ether oxygens (including phenoxy) is 2. The number of hydrogen-bond donors (Lipinski definition) is 2. The molecule has 94 valence electrons. The second kappa shape index (κ2) is 6.62. The monoisotopic (exact) mass is 237 g/mol. The van der Waals surface area contributed by atoms with Crippen molar-refractivity contribution in [3.8, 4) is 11.5 Å². The van der Waals surface area contributed by atoms with Crippen LogP contribution >= 0.6 is 0 Å². The highest BCUT2D eigenvalue weighted by Gasteiger charge is 2.05. The van der Waals surface area contributed by atoms with Crippen molar-refractivity contribution in [1.82, 2.24) is 5.32 Å². The molecule has 1 aromatic rings. The molecule has 0 heterocycles. The molecule has 0 unspecified atom stereocenters. The van der Waals surface area contributed by atoms with Crippen molar-refractivity contribution in [2.24, 2.45) is 10.7 Å². The number of nitrogens with one attached hydrogen (secondary N) is 1. The number of aliphatic imine (C=N–C) groups is 1. The minimum Gasteiger partial charge on any atom is -0.493 e. The molecule has 0 aromatic heterocycles. The fraction of sp³-hybridized carbons (Fsp3) is 0.417. The molecule has 1 rings (SSSR count). The third kappa shape index (κ3) is 3.86. The highest BCUT2D eigenvalue weighted by molar-refractivity contribution is 5.77. The number of rotatable bonds is 5. The molecule has 0 aliphatic rings. The Morgan fingerprint density at radius 1 is 1.41 bits per heavy atom. The van der Waals surface area contributed by atoms with Crippen LogP contribution in [-0.4, -0.2) is 26.7 Å². The second-order valence-corrected chi connectivity index (χ2v) is 3.38. The lowest BCUT2D eigenvalue weighted by Gasteiger charge is -2.11. The molecule has 0 radical (unpaired) electrons. The molecule has 5 heteroatoms. The van der Waals surface area contributed by atoms with Gasteiger partial charge < -0.3 is 20.5 Å². The van der Waals surface area contributed by atoms with E-state index in [2.05, 4.69) is 10.3 Å². The highest BCUT2D eigenvalue weighted by atomic mass is 16.5. The summed E-state index contributed by atoms with van der Waals surface area (Å²) in [6.45, 7) is 3.14. The van der Waals surface area contributed by atoms with E-state index in [0.29, 0.717) is 19.1 Å². The van der Waals surface area contributed by atoms with Gasteiger partial charge in [-0.05, 0) is 24.6 Å². The van der Waals surface area contributed by atoms with E-state index < -0.39 is 0 Å². The van der Waals surface area contributed by atoms with Gasteiger partial charge in [-0.2, -0.15) is 0 Å². The Kier molecular flexibility index (Phi) is 5.13. The van der Waals surface area contributed by atoms with E-state index in [0.717, 1.165) is 17.1 Å². The zero-order chi connectivity index (χ0) is 12.7. The van der Waals surface area contributed by atoms with E-state index in [1.165, 1.54) is 0 Å². The summed E-state index contributed by atoms with van der Waals surface area (Å²) in [7, 11) is 3.26. The Hall–Kier alpha value is -1.91. The third-order valence-electron chi connectivity index (χ3n) is 2.24. The largest absolute Gasteiger partial charge is 0.493 e. The van der Waals surface area contributed by atoms with Crippen molar-refractivity contribution in [1.29, 1.82) is 0 Å². The molecule has 0 bridgehead atoms. The predicted octanol–water partition coefficient (Wildman–Crippen LogP) is 1.13. The van der Waals surface area contributed by atoms with Crippen molar-refractivity contribution in [2.75, 3.05) is 20.8 Å². The molecule has 3 N–H and O–H groups in total. The number of methoxy groups -OCH3 is 1. The molecule has 5 nitrogen and oxygen atoms in total. The van der Waals surface area contributed by atoms with E-state index in [-0.39, 0.29) is 0 Å². The summed E-state index contributed by atoms with van der Waals surface area (Å²) >= 11 is 0. The van der Waals surface area contributed by atoms with Gasteiger partial charge in [-0.3, -0.25) is 4.99 Å². The van der Waals surface area contributed by atoms with Gasteiger partial charge in [0.15, 0.2) is 17.5 Å². The zero-order valence-corrected chi connectivity index (χ0v) is 10.5. The van der Waals surface area contributed by atoms with E-state index >= 15 is 0 Å². The van der Waals surface area contributed by atoms with Gasteiger partial charge >= 0.3 is 0 Å². The molecular weight excluding hydrogens is 218 g/mol.